The van der Waals surface area contributed by atoms with E-state index in [-0.39, 0.29) is 18.3 Å². The van der Waals surface area contributed by atoms with Crippen LogP contribution in [0.3, 0.4) is 0 Å². The molecule has 2 aromatic rings. The van der Waals surface area contributed by atoms with Crippen molar-refractivity contribution in [1.82, 2.24) is 15.2 Å². The van der Waals surface area contributed by atoms with E-state index in [2.05, 4.69) is 25.7 Å². The van der Waals surface area contributed by atoms with E-state index >= 15 is 0 Å². The molecule has 8 heteroatoms. The molecule has 102 valence electrons. The summed E-state index contributed by atoms with van der Waals surface area (Å²) in [5, 5.41) is 11.4. The van der Waals surface area contributed by atoms with E-state index in [0.29, 0.717) is 17.2 Å². The van der Waals surface area contributed by atoms with Gasteiger partial charge in [-0.3, -0.25) is 9.78 Å². The van der Waals surface area contributed by atoms with Crippen LogP contribution in [0.2, 0.25) is 0 Å². The van der Waals surface area contributed by atoms with E-state index in [9.17, 15) is 4.79 Å². The lowest BCUT2D eigenvalue weighted by Crippen LogP contribution is -2.15. The summed E-state index contributed by atoms with van der Waals surface area (Å²) in [7, 11) is 0. The van der Waals surface area contributed by atoms with Gasteiger partial charge in [0, 0.05) is 0 Å². The van der Waals surface area contributed by atoms with Crippen molar-refractivity contribution in [2.75, 3.05) is 12.2 Å². The van der Waals surface area contributed by atoms with Crippen LogP contribution in [0.5, 0.6) is 11.5 Å². The van der Waals surface area contributed by atoms with Crippen LogP contribution in [0.1, 0.15) is 11.3 Å². The van der Waals surface area contributed by atoms with E-state index in [1.807, 2.05) is 6.07 Å². The fourth-order valence-corrected chi connectivity index (χ4v) is 1.61. The summed E-state index contributed by atoms with van der Waals surface area (Å²) < 4.78 is 10.5. The molecule has 1 aliphatic heterocycles. The predicted octanol–water partition coefficient (Wildman–Crippen LogP) is 0.648. The van der Waals surface area contributed by atoms with Gasteiger partial charge in [-0.1, -0.05) is 0 Å². The molecule has 2 heterocycles. The van der Waals surface area contributed by atoms with Crippen LogP contribution in [0.25, 0.3) is 0 Å². The Morgan fingerprint density at radius 2 is 2.20 bits per heavy atom. The first-order chi connectivity index (χ1) is 9.72. The smallest absolute Gasteiger partial charge is 0.274 e. The third-order valence-electron chi connectivity index (χ3n) is 2.64. The Bertz CT molecular complexity index is 725. The quantitative estimate of drug-likeness (QED) is 0.629. The first-order valence-electron chi connectivity index (χ1n) is 5.85. The number of H-pyrrole nitrogens is 1. The molecule has 1 aliphatic rings. The highest BCUT2D eigenvalue weighted by molar-refractivity contribution is 5.81. The Hall–Kier alpha value is -2.90. The zero-order valence-electron chi connectivity index (χ0n) is 10.6. The molecular weight excluding hydrogens is 262 g/mol. The van der Waals surface area contributed by atoms with Gasteiger partial charge in [0.2, 0.25) is 12.7 Å². The van der Waals surface area contributed by atoms with Crippen molar-refractivity contribution in [3.05, 3.63) is 39.8 Å². The molecule has 0 unspecified atom stereocenters. The maximum absolute atomic E-state index is 11.3. The molecule has 0 radical (unpaired) electrons. The van der Waals surface area contributed by atoms with Crippen LogP contribution < -0.4 is 20.5 Å². The Balaban J connectivity index is 1.71. The molecule has 0 amide bonds. The number of aromatic nitrogens is 3. The number of nitrogens with one attached hydrogen (secondary N) is 2. The fraction of sp³-hybridized carbons (Fsp3) is 0.167. The molecule has 0 atom stereocenters. The number of nitrogens with zero attached hydrogens (tertiary/aromatic N) is 3. The number of hydrazone groups is 1. The number of ether oxygens (including phenoxy) is 2. The highest BCUT2D eigenvalue weighted by atomic mass is 16.7. The standard InChI is InChI=1S/C12H11N5O3/c1-7-11(18)14-12(17-15-7)16-13-5-8-2-3-9-10(4-8)20-6-19-9/h2-5H,6H2,1H3,(H2,14,16,17,18)/b13-5-. The molecule has 0 spiro atoms. The van der Waals surface area contributed by atoms with Gasteiger partial charge >= 0.3 is 0 Å². The molecule has 0 saturated carbocycles. The third kappa shape index (κ3) is 2.44. The molecule has 0 saturated heterocycles. The van der Waals surface area contributed by atoms with Crippen molar-refractivity contribution in [3.63, 3.8) is 0 Å². The predicted molar refractivity (Wildman–Crippen MR) is 71.2 cm³/mol. The molecule has 0 fully saturated rings. The SMILES string of the molecule is Cc1nnc(N/N=C\c2ccc3c(c2)OCO3)[nH]c1=O. The largest absolute Gasteiger partial charge is 0.454 e. The second-order valence-electron chi connectivity index (χ2n) is 4.07. The number of aryl methyl sites for hydroxylation is 1. The van der Waals surface area contributed by atoms with Crippen molar-refractivity contribution in [2.45, 2.75) is 6.92 Å². The lowest BCUT2D eigenvalue weighted by Gasteiger charge is -1.99. The Kier molecular flexibility index (Phi) is 3.04. The molecule has 8 nitrogen and oxygen atoms in total. The van der Waals surface area contributed by atoms with Crippen LogP contribution in [0.4, 0.5) is 5.95 Å². The van der Waals surface area contributed by atoms with E-state index in [1.165, 1.54) is 0 Å². The van der Waals surface area contributed by atoms with Crippen LogP contribution in [-0.4, -0.2) is 28.2 Å². The van der Waals surface area contributed by atoms with Gasteiger partial charge < -0.3 is 9.47 Å². The van der Waals surface area contributed by atoms with Gasteiger partial charge in [-0.15, -0.1) is 10.2 Å². The Morgan fingerprint density at radius 1 is 1.35 bits per heavy atom. The van der Waals surface area contributed by atoms with Crippen LogP contribution >= 0.6 is 0 Å². The normalized spacial score (nSPS) is 12.8. The number of benzene rings is 1. The lowest BCUT2D eigenvalue weighted by molar-refractivity contribution is 0.174. The monoisotopic (exact) mass is 273 g/mol. The molecule has 2 N–H and O–H groups in total. The molecule has 3 rings (SSSR count). The molecule has 1 aromatic heterocycles. The van der Waals surface area contributed by atoms with Crippen molar-refractivity contribution >= 4 is 12.2 Å². The van der Waals surface area contributed by atoms with Crippen molar-refractivity contribution in [2.24, 2.45) is 5.10 Å². The van der Waals surface area contributed by atoms with Crippen LogP contribution in [-0.2, 0) is 0 Å². The van der Waals surface area contributed by atoms with Gasteiger partial charge in [-0.2, -0.15) is 5.10 Å². The van der Waals surface area contributed by atoms with Gasteiger partial charge in [0.1, 0.15) is 5.69 Å². The number of hydrogen-bond donors (Lipinski definition) is 2. The highest BCUT2D eigenvalue weighted by Gasteiger charge is 2.12. The summed E-state index contributed by atoms with van der Waals surface area (Å²) in [4.78, 5) is 13.8. The number of rotatable bonds is 3. The Morgan fingerprint density at radius 3 is 3.05 bits per heavy atom. The second kappa shape index (κ2) is 5.00. The van der Waals surface area contributed by atoms with E-state index in [4.69, 9.17) is 9.47 Å². The highest BCUT2D eigenvalue weighted by Crippen LogP contribution is 2.31. The average Bonchev–Trinajstić information content (AvgIpc) is 2.90. The number of fused-ring (bicyclic) bond motifs is 1. The van der Waals surface area contributed by atoms with Gasteiger partial charge in [0.05, 0.1) is 6.21 Å². The Labute approximate surface area is 113 Å². The maximum atomic E-state index is 11.3. The summed E-state index contributed by atoms with van der Waals surface area (Å²) in [6.07, 6.45) is 1.57. The first kappa shape index (κ1) is 12.2. The first-order valence-corrected chi connectivity index (χ1v) is 5.85. The summed E-state index contributed by atoms with van der Waals surface area (Å²) in [5.41, 5.74) is 3.42. The lowest BCUT2D eigenvalue weighted by atomic mass is 10.2. The molecule has 1 aromatic carbocycles. The van der Waals surface area contributed by atoms with E-state index in [1.54, 1.807) is 25.3 Å². The third-order valence-corrected chi connectivity index (χ3v) is 2.64. The summed E-state index contributed by atoms with van der Waals surface area (Å²) >= 11 is 0. The van der Waals surface area contributed by atoms with Crippen molar-refractivity contribution < 1.29 is 9.47 Å². The number of hydrogen-bond acceptors (Lipinski definition) is 7. The zero-order valence-corrected chi connectivity index (χ0v) is 10.6. The van der Waals surface area contributed by atoms with Gasteiger partial charge in [0.25, 0.3) is 5.56 Å². The number of anilines is 1. The summed E-state index contributed by atoms with van der Waals surface area (Å²) in [5.74, 6) is 1.57. The van der Waals surface area contributed by atoms with Crippen LogP contribution in [0.15, 0.2) is 28.1 Å². The van der Waals surface area contributed by atoms with E-state index < -0.39 is 0 Å². The second-order valence-corrected chi connectivity index (χ2v) is 4.07. The molecule has 0 aliphatic carbocycles. The van der Waals surface area contributed by atoms with E-state index in [0.717, 1.165) is 5.56 Å². The van der Waals surface area contributed by atoms with Gasteiger partial charge in [-0.05, 0) is 30.7 Å². The number of aromatic amines is 1. The van der Waals surface area contributed by atoms with Gasteiger partial charge in [0.15, 0.2) is 11.5 Å². The van der Waals surface area contributed by atoms with Crippen LogP contribution in [0, 0.1) is 6.92 Å². The minimum atomic E-state index is -0.305. The summed E-state index contributed by atoms with van der Waals surface area (Å²) in [6, 6.07) is 5.44. The fourth-order valence-electron chi connectivity index (χ4n) is 1.61. The minimum absolute atomic E-state index is 0.178. The zero-order chi connectivity index (χ0) is 13.9. The maximum Gasteiger partial charge on any atom is 0.274 e. The molecule has 0 bridgehead atoms. The molecule has 20 heavy (non-hydrogen) atoms. The molecular formula is C12H11N5O3. The average molecular weight is 273 g/mol. The topological polar surface area (TPSA) is 101 Å². The van der Waals surface area contributed by atoms with Crippen molar-refractivity contribution in [1.29, 1.82) is 0 Å². The van der Waals surface area contributed by atoms with Gasteiger partial charge in [-0.25, -0.2) is 5.43 Å². The summed E-state index contributed by atoms with van der Waals surface area (Å²) in [6.45, 7) is 1.81. The minimum Gasteiger partial charge on any atom is -0.454 e. The van der Waals surface area contributed by atoms with Crippen molar-refractivity contribution in [3.8, 4) is 11.5 Å².